The van der Waals surface area contributed by atoms with Gasteiger partial charge in [0.25, 0.3) is 6.43 Å². The largest absolute Gasteiger partial charge is 0.464 e. The summed E-state index contributed by atoms with van der Waals surface area (Å²) in [6, 6.07) is 1.19. The molecular weight excluding hydrogens is 218 g/mol. The summed E-state index contributed by atoms with van der Waals surface area (Å²) in [6.45, 7) is 1.70. The van der Waals surface area contributed by atoms with Crippen LogP contribution in [-0.2, 0) is 11.3 Å². The minimum atomic E-state index is -2.78. The van der Waals surface area contributed by atoms with Crippen LogP contribution >= 0.6 is 0 Å². The Labute approximate surface area is 91.4 Å². The summed E-state index contributed by atoms with van der Waals surface area (Å²) in [5.41, 5.74) is 5.52. The number of hydrogen-bond donors (Lipinski definition) is 1. The van der Waals surface area contributed by atoms with Crippen molar-refractivity contribution in [2.45, 2.75) is 19.9 Å². The van der Waals surface area contributed by atoms with Crippen molar-refractivity contribution in [1.82, 2.24) is 4.98 Å². The number of rotatable bonds is 3. The number of aryl methyl sites for hydroxylation is 1. The second-order valence-corrected chi connectivity index (χ2v) is 3.17. The van der Waals surface area contributed by atoms with E-state index in [2.05, 4.69) is 9.72 Å². The van der Waals surface area contributed by atoms with Gasteiger partial charge >= 0.3 is 5.97 Å². The van der Waals surface area contributed by atoms with E-state index in [-0.39, 0.29) is 12.2 Å². The molecule has 2 N–H and O–H groups in total. The Morgan fingerprint density at radius 1 is 1.62 bits per heavy atom. The number of carbonyl (C=O) groups excluding carboxylic acids is 1. The van der Waals surface area contributed by atoms with Crippen molar-refractivity contribution in [3.05, 3.63) is 28.6 Å². The van der Waals surface area contributed by atoms with Gasteiger partial charge < -0.3 is 10.5 Å². The van der Waals surface area contributed by atoms with Crippen LogP contribution in [0.1, 0.15) is 33.7 Å². The van der Waals surface area contributed by atoms with Crippen molar-refractivity contribution >= 4 is 5.97 Å². The molecule has 0 saturated heterocycles. The highest BCUT2D eigenvalue weighted by Gasteiger charge is 2.22. The fourth-order valence-corrected chi connectivity index (χ4v) is 1.30. The number of esters is 1. The first-order valence-corrected chi connectivity index (χ1v) is 4.58. The highest BCUT2D eigenvalue weighted by Crippen LogP contribution is 2.24. The van der Waals surface area contributed by atoms with Gasteiger partial charge in [0.2, 0.25) is 0 Å². The summed E-state index contributed by atoms with van der Waals surface area (Å²) in [4.78, 5) is 15.0. The fourth-order valence-electron chi connectivity index (χ4n) is 1.30. The van der Waals surface area contributed by atoms with Gasteiger partial charge in [0.1, 0.15) is 0 Å². The molecule has 0 bridgehead atoms. The molecule has 16 heavy (non-hydrogen) atoms. The molecule has 0 aliphatic rings. The van der Waals surface area contributed by atoms with Crippen LogP contribution in [-0.4, -0.2) is 18.1 Å². The molecule has 0 amide bonds. The predicted octanol–water partition coefficient (Wildman–Crippen LogP) is 1.57. The van der Waals surface area contributed by atoms with Crippen molar-refractivity contribution in [2.24, 2.45) is 5.73 Å². The molecule has 0 aliphatic heterocycles. The molecule has 1 aromatic rings. The van der Waals surface area contributed by atoms with Crippen LogP contribution in [0, 0.1) is 6.92 Å². The number of pyridine rings is 1. The summed E-state index contributed by atoms with van der Waals surface area (Å²) >= 11 is 0. The molecule has 6 heteroatoms. The normalized spacial score (nSPS) is 10.6. The van der Waals surface area contributed by atoms with E-state index in [0.29, 0.717) is 11.3 Å². The summed E-state index contributed by atoms with van der Waals surface area (Å²) in [5, 5.41) is 0. The molecule has 0 spiro atoms. The molecule has 0 saturated carbocycles. The Hall–Kier alpha value is -1.56. The number of aromatic nitrogens is 1. The smallest absolute Gasteiger partial charge is 0.357 e. The van der Waals surface area contributed by atoms with Crippen LogP contribution in [0.3, 0.4) is 0 Å². The Morgan fingerprint density at radius 2 is 2.25 bits per heavy atom. The zero-order valence-corrected chi connectivity index (χ0v) is 8.96. The van der Waals surface area contributed by atoms with Gasteiger partial charge in [-0.15, -0.1) is 0 Å². The van der Waals surface area contributed by atoms with Gasteiger partial charge in [-0.05, 0) is 18.6 Å². The summed E-state index contributed by atoms with van der Waals surface area (Å²) in [5.74, 6) is -0.873. The maximum Gasteiger partial charge on any atom is 0.357 e. The average Bonchev–Trinajstić information content (AvgIpc) is 2.27. The minimum Gasteiger partial charge on any atom is -0.464 e. The molecule has 88 valence electrons. The lowest BCUT2D eigenvalue weighted by Crippen LogP contribution is -2.13. The van der Waals surface area contributed by atoms with Crippen LogP contribution in [0.25, 0.3) is 0 Å². The number of hydrogen-bond acceptors (Lipinski definition) is 4. The van der Waals surface area contributed by atoms with Crippen molar-refractivity contribution in [1.29, 1.82) is 0 Å². The van der Waals surface area contributed by atoms with Gasteiger partial charge in [-0.25, -0.2) is 18.6 Å². The van der Waals surface area contributed by atoms with Crippen LogP contribution in [0.15, 0.2) is 6.07 Å². The van der Waals surface area contributed by atoms with Gasteiger partial charge in [0.05, 0.1) is 12.7 Å². The van der Waals surface area contributed by atoms with Gasteiger partial charge in [0.15, 0.2) is 5.69 Å². The average molecular weight is 230 g/mol. The van der Waals surface area contributed by atoms with E-state index >= 15 is 0 Å². The van der Waals surface area contributed by atoms with E-state index < -0.39 is 18.0 Å². The molecule has 0 fully saturated rings. The topological polar surface area (TPSA) is 65.2 Å². The number of nitrogens with two attached hydrogens (primary N) is 1. The second kappa shape index (κ2) is 4.98. The fraction of sp³-hybridized carbons (Fsp3) is 0.400. The first-order chi connectivity index (χ1) is 7.51. The van der Waals surface area contributed by atoms with Gasteiger partial charge in [0, 0.05) is 12.2 Å². The number of halogens is 2. The zero-order valence-electron chi connectivity index (χ0n) is 8.96. The molecule has 0 radical (unpaired) electrons. The number of carbonyl (C=O) groups is 1. The number of methoxy groups -OCH3 is 1. The van der Waals surface area contributed by atoms with Gasteiger partial charge in [-0.1, -0.05) is 0 Å². The molecule has 1 heterocycles. The molecule has 4 nitrogen and oxygen atoms in total. The summed E-state index contributed by atoms with van der Waals surface area (Å²) in [7, 11) is 1.12. The molecule has 0 atom stereocenters. The Balaban J connectivity index is 3.36. The number of nitrogens with zero attached hydrogens (tertiary/aromatic N) is 1. The van der Waals surface area contributed by atoms with Crippen LogP contribution in [0.5, 0.6) is 0 Å². The lowest BCUT2D eigenvalue weighted by Gasteiger charge is -2.10. The molecule has 0 unspecified atom stereocenters. The summed E-state index contributed by atoms with van der Waals surface area (Å²) < 4.78 is 29.8. The minimum absolute atomic E-state index is 0.0972. The second-order valence-electron chi connectivity index (χ2n) is 3.17. The van der Waals surface area contributed by atoms with Gasteiger partial charge in [-0.3, -0.25) is 0 Å². The predicted molar refractivity (Wildman–Crippen MR) is 53.2 cm³/mol. The quantitative estimate of drug-likeness (QED) is 0.800. The summed E-state index contributed by atoms with van der Waals surface area (Å²) in [6.07, 6.45) is -2.78. The van der Waals surface area contributed by atoms with Crippen molar-refractivity contribution < 1.29 is 18.3 Å². The molecule has 1 rings (SSSR count). The van der Waals surface area contributed by atoms with Crippen molar-refractivity contribution in [3.8, 4) is 0 Å². The molecule has 0 aromatic carbocycles. The highest BCUT2D eigenvalue weighted by molar-refractivity contribution is 5.89. The third kappa shape index (κ3) is 2.33. The van der Waals surface area contributed by atoms with E-state index in [4.69, 9.17) is 5.73 Å². The lowest BCUT2D eigenvalue weighted by molar-refractivity contribution is 0.0581. The monoisotopic (exact) mass is 230 g/mol. The Kier molecular flexibility index (Phi) is 3.89. The first kappa shape index (κ1) is 12.5. The maximum atomic E-state index is 12.7. The van der Waals surface area contributed by atoms with E-state index in [0.717, 1.165) is 7.11 Å². The Bertz CT molecular complexity index is 408. The van der Waals surface area contributed by atoms with Crippen LogP contribution in [0.2, 0.25) is 0 Å². The molecular formula is C10H12F2N2O2. The van der Waals surface area contributed by atoms with E-state index in [1.165, 1.54) is 6.07 Å². The SMILES string of the molecule is COC(=O)c1nc(C)c(CN)cc1C(F)F. The van der Waals surface area contributed by atoms with Crippen LogP contribution in [0.4, 0.5) is 8.78 Å². The maximum absolute atomic E-state index is 12.7. The van der Waals surface area contributed by atoms with Gasteiger partial charge in [-0.2, -0.15) is 0 Å². The van der Waals surface area contributed by atoms with Crippen LogP contribution < -0.4 is 5.73 Å². The standard InChI is InChI=1S/C10H12F2N2O2/c1-5-6(4-13)3-7(9(11)12)8(14-5)10(15)16-2/h3,9H,4,13H2,1-2H3. The lowest BCUT2D eigenvalue weighted by atomic mass is 10.1. The van der Waals surface area contributed by atoms with E-state index in [9.17, 15) is 13.6 Å². The number of alkyl halides is 2. The highest BCUT2D eigenvalue weighted by atomic mass is 19.3. The molecule has 1 aromatic heterocycles. The van der Waals surface area contributed by atoms with Crippen molar-refractivity contribution in [3.63, 3.8) is 0 Å². The molecule has 0 aliphatic carbocycles. The third-order valence-corrected chi connectivity index (χ3v) is 2.18. The first-order valence-electron chi connectivity index (χ1n) is 4.58. The van der Waals surface area contributed by atoms with Crippen molar-refractivity contribution in [2.75, 3.05) is 7.11 Å². The third-order valence-electron chi connectivity index (χ3n) is 2.18. The number of ether oxygens (including phenoxy) is 1. The van der Waals surface area contributed by atoms with E-state index in [1.807, 2.05) is 0 Å². The zero-order chi connectivity index (χ0) is 12.3. The Morgan fingerprint density at radius 3 is 2.69 bits per heavy atom. The van der Waals surface area contributed by atoms with E-state index in [1.54, 1.807) is 6.92 Å².